The van der Waals surface area contributed by atoms with Gasteiger partial charge < -0.3 is 29.4 Å². The van der Waals surface area contributed by atoms with Gasteiger partial charge in [-0.2, -0.15) is 5.26 Å². The summed E-state index contributed by atoms with van der Waals surface area (Å²) in [6.07, 6.45) is 0.865. The average molecular weight is 501 g/mol. The summed E-state index contributed by atoms with van der Waals surface area (Å²) >= 11 is 0. The molecule has 3 aromatic carbocycles. The van der Waals surface area contributed by atoms with E-state index in [0.717, 1.165) is 12.0 Å². The summed E-state index contributed by atoms with van der Waals surface area (Å²) in [7, 11) is 0. The highest BCUT2D eigenvalue weighted by Crippen LogP contribution is 2.45. The van der Waals surface area contributed by atoms with Gasteiger partial charge >= 0.3 is 5.97 Å². The molecule has 0 saturated carbocycles. The van der Waals surface area contributed by atoms with Crippen molar-refractivity contribution in [3.8, 4) is 34.8 Å². The first kappa shape index (κ1) is 25.5. The van der Waals surface area contributed by atoms with E-state index in [1.165, 1.54) is 0 Å². The molecule has 3 aromatic rings. The molecule has 4 rings (SSSR count). The molecule has 0 saturated heterocycles. The van der Waals surface area contributed by atoms with Gasteiger partial charge in [-0.25, -0.2) is 4.79 Å². The number of fused-ring (bicyclic) bond motifs is 1. The van der Waals surface area contributed by atoms with Crippen LogP contribution < -0.4 is 29.4 Å². The van der Waals surface area contributed by atoms with Gasteiger partial charge in [-0.1, -0.05) is 37.3 Å². The number of nitrogens with zero attached hydrogens (tertiary/aromatic N) is 1. The Hall–Kier alpha value is -4.64. The maximum absolute atomic E-state index is 12.3. The van der Waals surface area contributed by atoms with E-state index in [4.69, 9.17) is 29.4 Å². The summed E-state index contributed by atoms with van der Waals surface area (Å²) in [6, 6.07) is 21.7. The van der Waals surface area contributed by atoms with Crippen LogP contribution in [-0.2, 0) is 4.79 Å². The van der Waals surface area contributed by atoms with E-state index in [-0.39, 0.29) is 23.8 Å². The molecule has 0 fully saturated rings. The third kappa shape index (κ3) is 5.96. The number of esters is 1. The van der Waals surface area contributed by atoms with Gasteiger partial charge in [-0.3, -0.25) is 0 Å². The van der Waals surface area contributed by atoms with E-state index in [9.17, 15) is 10.1 Å². The van der Waals surface area contributed by atoms with Crippen LogP contribution in [0.15, 0.2) is 78.2 Å². The number of ether oxygens (including phenoxy) is 5. The molecule has 2 N–H and O–H groups in total. The molecule has 0 aliphatic carbocycles. The summed E-state index contributed by atoms with van der Waals surface area (Å²) in [5.74, 6) is 1.36. The first-order valence-corrected chi connectivity index (χ1v) is 12.0. The second kappa shape index (κ2) is 11.9. The quantitative estimate of drug-likeness (QED) is 0.303. The van der Waals surface area contributed by atoms with Gasteiger partial charge in [0.2, 0.25) is 5.88 Å². The first-order valence-electron chi connectivity index (χ1n) is 12.0. The van der Waals surface area contributed by atoms with Crippen LogP contribution in [-0.4, -0.2) is 25.8 Å². The molecule has 190 valence electrons. The molecule has 1 aliphatic rings. The van der Waals surface area contributed by atoms with Crippen LogP contribution >= 0.6 is 0 Å². The van der Waals surface area contributed by atoms with Crippen LogP contribution in [0.5, 0.6) is 28.7 Å². The molecule has 1 unspecified atom stereocenters. The Morgan fingerprint density at radius 3 is 2.51 bits per heavy atom. The van der Waals surface area contributed by atoms with E-state index >= 15 is 0 Å². The van der Waals surface area contributed by atoms with E-state index in [0.29, 0.717) is 41.8 Å². The SMILES string of the molecule is CCCOc1ccc(C2C(C#N)=C(N)Oc3cc(OC(=O)COc4ccccc4)ccc32)cc1OCC. The van der Waals surface area contributed by atoms with Crippen molar-refractivity contribution in [3.05, 3.63) is 89.3 Å². The molecule has 0 spiro atoms. The molecule has 0 amide bonds. The van der Waals surface area contributed by atoms with Gasteiger partial charge in [0, 0.05) is 11.6 Å². The third-order valence-corrected chi connectivity index (χ3v) is 5.58. The summed E-state index contributed by atoms with van der Waals surface area (Å²) < 4.78 is 28.3. The van der Waals surface area contributed by atoms with E-state index in [1.54, 1.807) is 30.3 Å². The molecule has 8 nitrogen and oxygen atoms in total. The van der Waals surface area contributed by atoms with Crippen LogP contribution in [0.4, 0.5) is 0 Å². The number of para-hydroxylation sites is 1. The fraction of sp³-hybridized carbons (Fsp3) is 0.241. The predicted molar refractivity (Wildman–Crippen MR) is 137 cm³/mol. The Bertz CT molecular complexity index is 1330. The van der Waals surface area contributed by atoms with Crippen LogP contribution in [0, 0.1) is 11.3 Å². The lowest BCUT2D eigenvalue weighted by Gasteiger charge is -2.27. The zero-order valence-corrected chi connectivity index (χ0v) is 20.7. The Labute approximate surface area is 215 Å². The molecule has 0 bridgehead atoms. The number of rotatable bonds is 10. The standard InChI is InChI=1S/C29H28N2O6/c1-3-14-34-24-13-10-19(15-26(24)33-4-2)28-22-12-11-21(16-25(22)37-29(31)23(28)17-30)36-27(32)18-35-20-8-6-5-7-9-20/h5-13,15-16,28H,3-4,14,18,31H2,1-2H3. The minimum absolute atomic E-state index is 0.0137. The van der Waals surface area contributed by atoms with Gasteiger partial charge in [-0.15, -0.1) is 0 Å². The van der Waals surface area contributed by atoms with Crippen molar-refractivity contribution in [2.24, 2.45) is 5.73 Å². The zero-order chi connectivity index (χ0) is 26.2. The monoisotopic (exact) mass is 500 g/mol. The average Bonchev–Trinajstić information content (AvgIpc) is 2.91. The Morgan fingerprint density at radius 1 is 0.973 bits per heavy atom. The smallest absolute Gasteiger partial charge is 0.349 e. The molecule has 0 aromatic heterocycles. The minimum atomic E-state index is -0.568. The summed E-state index contributed by atoms with van der Waals surface area (Å²) in [6.45, 7) is 4.70. The Balaban J connectivity index is 1.59. The summed E-state index contributed by atoms with van der Waals surface area (Å²) in [5.41, 5.74) is 7.91. The third-order valence-electron chi connectivity index (χ3n) is 5.58. The highest BCUT2D eigenvalue weighted by atomic mass is 16.6. The predicted octanol–water partition coefficient (Wildman–Crippen LogP) is 5.08. The van der Waals surface area contributed by atoms with Gasteiger partial charge in [0.15, 0.2) is 18.1 Å². The zero-order valence-electron chi connectivity index (χ0n) is 20.7. The van der Waals surface area contributed by atoms with Crippen LogP contribution in [0.1, 0.15) is 37.3 Å². The van der Waals surface area contributed by atoms with Crippen LogP contribution in [0.25, 0.3) is 0 Å². The number of nitriles is 1. The fourth-order valence-corrected chi connectivity index (χ4v) is 3.97. The first-order chi connectivity index (χ1) is 18.0. The summed E-state index contributed by atoms with van der Waals surface area (Å²) in [5, 5.41) is 9.88. The van der Waals surface area contributed by atoms with E-state index in [1.807, 2.05) is 50.2 Å². The van der Waals surface area contributed by atoms with Crippen molar-refractivity contribution in [1.29, 1.82) is 5.26 Å². The van der Waals surface area contributed by atoms with Crippen molar-refractivity contribution in [2.45, 2.75) is 26.2 Å². The van der Waals surface area contributed by atoms with Crippen molar-refractivity contribution in [2.75, 3.05) is 19.8 Å². The second-order valence-electron chi connectivity index (χ2n) is 8.19. The Morgan fingerprint density at radius 2 is 1.78 bits per heavy atom. The number of nitrogens with two attached hydrogens (primary N) is 1. The fourth-order valence-electron chi connectivity index (χ4n) is 3.97. The van der Waals surface area contributed by atoms with Gasteiger partial charge in [0.25, 0.3) is 0 Å². The summed E-state index contributed by atoms with van der Waals surface area (Å²) in [4.78, 5) is 12.3. The van der Waals surface area contributed by atoms with Crippen LogP contribution in [0.3, 0.4) is 0 Å². The molecular formula is C29H28N2O6. The normalized spacial score (nSPS) is 14.1. The van der Waals surface area contributed by atoms with E-state index < -0.39 is 11.9 Å². The molecule has 1 atom stereocenters. The lowest BCUT2D eigenvalue weighted by atomic mass is 9.83. The number of hydrogen-bond donors (Lipinski definition) is 1. The molecular weight excluding hydrogens is 472 g/mol. The lowest BCUT2D eigenvalue weighted by Crippen LogP contribution is -2.22. The maximum atomic E-state index is 12.3. The van der Waals surface area contributed by atoms with Gasteiger partial charge in [0.05, 0.1) is 19.1 Å². The molecule has 1 aliphatic heterocycles. The Kier molecular flexibility index (Phi) is 8.16. The number of allylic oxidation sites excluding steroid dienone is 1. The van der Waals surface area contributed by atoms with Crippen molar-refractivity contribution in [1.82, 2.24) is 0 Å². The number of benzene rings is 3. The maximum Gasteiger partial charge on any atom is 0.349 e. The lowest BCUT2D eigenvalue weighted by molar-refractivity contribution is -0.136. The van der Waals surface area contributed by atoms with Crippen molar-refractivity contribution >= 4 is 5.97 Å². The topological polar surface area (TPSA) is 113 Å². The van der Waals surface area contributed by atoms with Gasteiger partial charge in [-0.05, 0) is 49.2 Å². The van der Waals surface area contributed by atoms with E-state index in [2.05, 4.69) is 6.07 Å². The van der Waals surface area contributed by atoms with Crippen LogP contribution in [0.2, 0.25) is 0 Å². The van der Waals surface area contributed by atoms with Crippen molar-refractivity contribution in [3.63, 3.8) is 0 Å². The molecule has 37 heavy (non-hydrogen) atoms. The van der Waals surface area contributed by atoms with Gasteiger partial charge in [0.1, 0.15) is 28.9 Å². The largest absolute Gasteiger partial charge is 0.490 e. The second-order valence-corrected chi connectivity index (χ2v) is 8.19. The molecule has 0 radical (unpaired) electrons. The minimum Gasteiger partial charge on any atom is -0.490 e. The number of hydrogen-bond acceptors (Lipinski definition) is 8. The number of carbonyl (C=O) groups is 1. The number of carbonyl (C=O) groups excluding carboxylic acids is 1. The highest BCUT2D eigenvalue weighted by molar-refractivity contribution is 5.74. The van der Waals surface area contributed by atoms with Crippen molar-refractivity contribution < 1.29 is 28.5 Å². The highest BCUT2D eigenvalue weighted by Gasteiger charge is 2.32. The molecule has 1 heterocycles. The molecule has 8 heteroatoms.